The largest absolute Gasteiger partial charge is 0.388 e. The number of hydrogen-bond acceptors (Lipinski definition) is 8. The van der Waals surface area contributed by atoms with Gasteiger partial charge >= 0.3 is 0 Å². The summed E-state index contributed by atoms with van der Waals surface area (Å²) in [4.78, 5) is 92.4. The molecule has 14 nitrogen and oxygen atoms in total. The highest BCUT2D eigenvalue weighted by Crippen LogP contribution is 2.28. The molecule has 294 valence electrons. The van der Waals surface area contributed by atoms with Crippen LogP contribution in [0.15, 0.2) is 66.7 Å². The van der Waals surface area contributed by atoms with Gasteiger partial charge in [-0.1, -0.05) is 86.7 Å². The Morgan fingerprint density at radius 3 is 2.04 bits per heavy atom. The van der Waals surface area contributed by atoms with E-state index in [0.717, 1.165) is 44.3 Å². The topological polar surface area (TPSA) is 243 Å². The van der Waals surface area contributed by atoms with Crippen LogP contribution < -0.4 is 32.7 Å². The number of hydrogen-bond donors (Lipinski definition) is 7. The number of primary amides is 1. The Kier molecular flexibility index (Phi) is 16.3. The van der Waals surface area contributed by atoms with E-state index in [0.29, 0.717) is 36.0 Å². The number of allylic oxidation sites excluding steroid dienone is 1. The van der Waals surface area contributed by atoms with E-state index in [1.807, 2.05) is 6.07 Å². The number of carbonyl (C=O) groups excluding carboxylic acids is 7. The van der Waals surface area contributed by atoms with Gasteiger partial charge in [0.15, 0.2) is 11.6 Å². The van der Waals surface area contributed by atoms with E-state index in [-0.39, 0.29) is 56.2 Å². The van der Waals surface area contributed by atoms with Gasteiger partial charge in [-0.3, -0.25) is 39.0 Å². The van der Waals surface area contributed by atoms with Gasteiger partial charge in [-0.2, -0.15) is 0 Å². The van der Waals surface area contributed by atoms with E-state index in [4.69, 9.17) is 16.9 Å². The second kappa shape index (κ2) is 21.3. The first-order valence-corrected chi connectivity index (χ1v) is 19.1. The monoisotopic (exact) mass is 755 g/mol. The molecule has 0 bridgehead atoms. The van der Waals surface area contributed by atoms with Crippen LogP contribution in [0.3, 0.4) is 0 Å². The Bertz CT molecular complexity index is 1720. The molecule has 0 radical (unpaired) electrons. The van der Waals surface area contributed by atoms with Crippen LogP contribution in [0.1, 0.15) is 98.5 Å². The molecule has 1 fully saturated rings. The van der Waals surface area contributed by atoms with Crippen molar-refractivity contribution < 1.29 is 33.6 Å². The van der Waals surface area contributed by atoms with Crippen molar-refractivity contribution in [3.05, 3.63) is 83.4 Å². The Labute approximate surface area is 321 Å². The summed E-state index contributed by atoms with van der Waals surface area (Å²) in [5, 5.41) is 18.8. The molecular formula is C41H53N7O7. The summed E-state index contributed by atoms with van der Waals surface area (Å²) in [6.07, 6.45) is 8.02. The standard InChI is InChI=1S/C41H53N7O7/c42-35(43)20-18-30-25-31(49)19-21-36(50)46-32(38(44)52)13-7-8-22-45-40(54)33(48-41(55)34(47-39(30)53)23-26-9-3-1-4-10-26)24-27-14-16-29(17-15-27)37(51)28-11-5-2-6-12-28/h2,5-6,11-12,14-17,19,21,26,30,32-34H,1,3-4,7-10,13,18,20,22-25H2,(H3,42,43)(H2,44,52)(H,45,54)(H,46,50)(H,47,53)(H,48,55)/t30-,32+,33?,34+/m1/s1. The molecule has 9 N–H and O–H groups in total. The van der Waals surface area contributed by atoms with Crippen molar-refractivity contribution in [2.45, 2.75) is 102 Å². The van der Waals surface area contributed by atoms with Gasteiger partial charge < -0.3 is 32.7 Å². The SMILES string of the molecule is N=C(N)CC[C@@H]1CC(=O)C=CC(=O)N[C@H](C(N)=O)CCCCNC(=O)C(Cc2ccc(C(=O)c3ccccc3)cc2)NC(=O)[C@H](CC2CCCCC2)NC1=O. The Hall–Kier alpha value is -5.66. The lowest BCUT2D eigenvalue weighted by Gasteiger charge is -2.29. The van der Waals surface area contributed by atoms with Crippen LogP contribution in [0.25, 0.3) is 0 Å². The van der Waals surface area contributed by atoms with Crippen molar-refractivity contribution in [2.24, 2.45) is 23.3 Å². The van der Waals surface area contributed by atoms with Crippen molar-refractivity contribution in [1.29, 1.82) is 5.41 Å². The van der Waals surface area contributed by atoms with Gasteiger partial charge in [-0.25, -0.2) is 0 Å². The second-order valence-electron chi connectivity index (χ2n) is 14.5. The molecule has 1 aliphatic carbocycles. The van der Waals surface area contributed by atoms with Gasteiger partial charge in [-0.05, 0) is 49.7 Å². The van der Waals surface area contributed by atoms with Gasteiger partial charge in [0.25, 0.3) is 0 Å². The normalized spacial score (nSPS) is 22.7. The van der Waals surface area contributed by atoms with Crippen LogP contribution >= 0.6 is 0 Å². The molecule has 0 saturated heterocycles. The quantitative estimate of drug-likeness (QED) is 0.108. The van der Waals surface area contributed by atoms with Gasteiger partial charge in [0, 0.05) is 48.9 Å². The fourth-order valence-electron chi connectivity index (χ4n) is 6.99. The van der Waals surface area contributed by atoms with E-state index in [9.17, 15) is 33.6 Å². The van der Waals surface area contributed by atoms with Crippen LogP contribution in [0.4, 0.5) is 0 Å². The number of amides is 5. The molecule has 4 rings (SSSR count). The smallest absolute Gasteiger partial charge is 0.244 e. The molecule has 1 aliphatic heterocycles. The first-order chi connectivity index (χ1) is 26.4. The molecule has 14 heteroatoms. The molecule has 1 saturated carbocycles. The summed E-state index contributed by atoms with van der Waals surface area (Å²) in [6, 6.07) is 12.6. The Morgan fingerprint density at radius 2 is 1.36 bits per heavy atom. The Balaban J connectivity index is 1.62. The lowest BCUT2D eigenvalue weighted by Crippen LogP contribution is -2.55. The van der Waals surface area contributed by atoms with Crippen LogP contribution in [0.5, 0.6) is 0 Å². The van der Waals surface area contributed by atoms with E-state index < -0.39 is 59.4 Å². The number of rotatable bonds is 10. The molecule has 4 atom stereocenters. The predicted octanol–water partition coefficient (Wildman–Crippen LogP) is 2.52. The summed E-state index contributed by atoms with van der Waals surface area (Å²) in [6.45, 7) is 0.198. The first-order valence-electron chi connectivity index (χ1n) is 19.1. The predicted molar refractivity (Wildman–Crippen MR) is 206 cm³/mol. The zero-order valence-electron chi connectivity index (χ0n) is 31.1. The summed E-state index contributed by atoms with van der Waals surface area (Å²) < 4.78 is 0. The molecule has 2 aliphatic rings. The highest BCUT2D eigenvalue weighted by atomic mass is 16.2. The molecule has 0 spiro atoms. The molecule has 1 heterocycles. The summed E-state index contributed by atoms with van der Waals surface area (Å²) in [5.74, 6) is -4.80. The molecule has 1 unspecified atom stereocenters. The van der Waals surface area contributed by atoms with Gasteiger partial charge in [0.1, 0.15) is 18.1 Å². The maximum atomic E-state index is 14.2. The summed E-state index contributed by atoms with van der Waals surface area (Å²) in [5.41, 5.74) is 12.8. The van der Waals surface area contributed by atoms with Crippen molar-refractivity contribution in [3.8, 4) is 0 Å². The van der Waals surface area contributed by atoms with Gasteiger partial charge in [0.2, 0.25) is 29.5 Å². The average Bonchev–Trinajstić information content (AvgIpc) is 3.17. The molecule has 2 aromatic rings. The van der Waals surface area contributed by atoms with Crippen molar-refractivity contribution in [2.75, 3.05) is 6.54 Å². The van der Waals surface area contributed by atoms with E-state index >= 15 is 0 Å². The number of benzene rings is 2. The number of amidine groups is 1. The van der Waals surface area contributed by atoms with Crippen LogP contribution in [-0.2, 0) is 35.2 Å². The van der Waals surface area contributed by atoms with Gasteiger partial charge in [-0.15, -0.1) is 0 Å². The van der Waals surface area contributed by atoms with Crippen molar-refractivity contribution in [1.82, 2.24) is 21.3 Å². The van der Waals surface area contributed by atoms with Crippen molar-refractivity contribution in [3.63, 3.8) is 0 Å². The lowest BCUT2D eigenvalue weighted by atomic mass is 9.84. The molecule has 0 aromatic heterocycles. The number of nitrogens with one attached hydrogen (secondary N) is 5. The molecule has 5 amide bonds. The van der Waals surface area contributed by atoms with Crippen molar-refractivity contribution >= 4 is 46.9 Å². The minimum atomic E-state index is -1.06. The third kappa shape index (κ3) is 13.9. The van der Waals surface area contributed by atoms with Crippen LogP contribution in [0.2, 0.25) is 0 Å². The fraction of sp³-hybridized carbons (Fsp3) is 0.463. The molecule has 2 aromatic carbocycles. The Morgan fingerprint density at radius 1 is 0.709 bits per heavy atom. The van der Waals surface area contributed by atoms with Crippen LogP contribution in [-0.4, -0.2) is 71.6 Å². The van der Waals surface area contributed by atoms with E-state index in [1.165, 1.54) is 0 Å². The molecular weight excluding hydrogens is 702 g/mol. The average molecular weight is 756 g/mol. The summed E-state index contributed by atoms with van der Waals surface area (Å²) >= 11 is 0. The minimum Gasteiger partial charge on any atom is -0.388 e. The van der Waals surface area contributed by atoms with E-state index in [1.54, 1.807) is 48.5 Å². The fourth-order valence-corrected chi connectivity index (χ4v) is 6.99. The highest BCUT2D eigenvalue weighted by molar-refractivity contribution is 6.09. The third-order valence-corrected chi connectivity index (χ3v) is 10.1. The minimum absolute atomic E-state index is 0.0212. The first kappa shape index (κ1) is 42.1. The zero-order valence-corrected chi connectivity index (χ0v) is 31.1. The molecule has 55 heavy (non-hydrogen) atoms. The highest BCUT2D eigenvalue weighted by Gasteiger charge is 2.32. The number of ketones is 2. The maximum absolute atomic E-state index is 14.2. The second-order valence-corrected chi connectivity index (χ2v) is 14.5. The number of carbonyl (C=O) groups is 7. The van der Waals surface area contributed by atoms with Crippen LogP contribution in [0, 0.1) is 17.2 Å². The lowest BCUT2D eigenvalue weighted by molar-refractivity contribution is -0.134. The van der Waals surface area contributed by atoms with Gasteiger partial charge in [0.05, 0.1) is 5.84 Å². The summed E-state index contributed by atoms with van der Waals surface area (Å²) in [7, 11) is 0. The zero-order chi connectivity index (χ0) is 39.7. The van der Waals surface area contributed by atoms with E-state index in [2.05, 4.69) is 21.3 Å². The maximum Gasteiger partial charge on any atom is 0.244 e. The third-order valence-electron chi connectivity index (χ3n) is 10.1. The number of nitrogens with two attached hydrogens (primary N) is 2.